The van der Waals surface area contributed by atoms with Crippen molar-refractivity contribution in [3.05, 3.63) is 29.8 Å². The smallest absolute Gasteiger partial charge is 0.213 e. The Labute approximate surface area is 174 Å². The normalized spacial score (nSPS) is 17.7. The zero-order chi connectivity index (χ0) is 21.0. The third kappa shape index (κ3) is 9.01. The molecule has 2 rings (SSSR count). The number of hydrogen-bond donors (Lipinski definition) is 3. The summed E-state index contributed by atoms with van der Waals surface area (Å²) in [5.74, 6) is 1.41. The van der Waals surface area contributed by atoms with E-state index in [9.17, 15) is 8.42 Å². The van der Waals surface area contributed by atoms with Crippen LogP contribution in [-0.4, -0.2) is 66.1 Å². The largest absolute Gasteiger partial charge is 0.496 e. The van der Waals surface area contributed by atoms with E-state index >= 15 is 0 Å². The van der Waals surface area contributed by atoms with Gasteiger partial charge in [-0.05, 0) is 44.2 Å². The maximum absolute atomic E-state index is 12.2. The summed E-state index contributed by atoms with van der Waals surface area (Å²) in [5, 5.41) is 6.38. The fourth-order valence-electron chi connectivity index (χ4n) is 3.10. The van der Waals surface area contributed by atoms with Crippen LogP contribution in [0.25, 0.3) is 0 Å². The van der Waals surface area contributed by atoms with Gasteiger partial charge in [-0.3, -0.25) is 4.99 Å². The number of para-hydroxylation sites is 1. The lowest BCUT2D eigenvalue weighted by molar-refractivity contribution is 0.0200. The molecule has 0 spiro atoms. The number of sulfonamides is 1. The zero-order valence-corrected chi connectivity index (χ0v) is 18.3. The molecule has 8 nitrogen and oxygen atoms in total. The molecule has 1 aromatic rings. The predicted molar refractivity (Wildman–Crippen MR) is 116 cm³/mol. The van der Waals surface area contributed by atoms with Crippen molar-refractivity contribution in [3.63, 3.8) is 0 Å². The standard InChI is InChI=1S/C20H34N4O4S/c1-3-21-20(22-12-11-17-8-4-5-10-19(17)27-2)23-13-15-29(25,26)24-16-18-9-6-7-14-28-18/h4-5,8,10,18,24H,3,6-7,9,11-16H2,1-2H3,(H2,21,22,23). The van der Waals surface area contributed by atoms with Crippen LogP contribution in [0, 0.1) is 0 Å². The Morgan fingerprint density at radius 3 is 2.83 bits per heavy atom. The molecule has 1 heterocycles. The molecule has 1 aliphatic rings. The molecule has 1 atom stereocenters. The summed E-state index contributed by atoms with van der Waals surface area (Å²) < 4.78 is 37.9. The molecule has 9 heteroatoms. The lowest BCUT2D eigenvalue weighted by Crippen LogP contribution is -2.39. The third-order valence-corrected chi connectivity index (χ3v) is 5.98. The van der Waals surface area contributed by atoms with Crippen LogP contribution in [0.15, 0.2) is 29.3 Å². The minimum atomic E-state index is -3.37. The molecule has 1 fully saturated rings. The Bertz CT molecular complexity index is 734. The van der Waals surface area contributed by atoms with Crippen LogP contribution in [0.2, 0.25) is 0 Å². The number of guanidine groups is 1. The Morgan fingerprint density at radius 2 is 2.10 bits per heavy atom. The maximum Gasteiger partial charge on any atom is 0.213 e. The molecule has 0 aromatic heterocycles. The van der Waals surface area contributed by atoms with E-state index in [0.717, 1.165) is 37.0 Å². The lowest BCUT2D eigenvalue weighted by atomic mass is 10.1. The minimum absolute atomic E-state index is 0.0176. The Balaban J connectivity index is 1.76. The summed E-state index contributed by atoms with van der Waals surface area (Å²) in [4.78, 5) is 4.38. The van der Waals surface area contributed by atoms with E-state index in [0.29, 0.717) is 32.2 Å². The Hall–Kier alpha value is -1.84. The van der Waals surface area contributed by atoms with Crippen LogP contribution < -0.4 is 20.1 Å². The topological polar surface area (TPSA) is 101 Å². The number of nitrogens with one attached hydrogen (secondary N) is 3. The van der Waals surface area contributed by atoms with Gasteiger partial charge in [-0.15, -0.1) is 0 Å². The second kappa shape index (κ2) is 12.7. The van der Waals surface area contributed by atoms with Crippen molar-refractivity contribution in [2.45, 2.75) is 38.7 Å². The first-order valence-corrected chi connectivity index (χ1v) is 11.9. The molecule has 1 unspecified atom stereocenters. The summed E-state index contributed by atoms with van der Waals surface area (Å²) in [7, 11) is -1.71. The molecule has 164 valence electrons. The fourth-order valence-corrected chi connectivity index (χ4v) is 4.02. The second-order valence-electron chi connectivity index (χ2n) is 6.91. The van der Waals surface area contributed by atoms with Gasteiger partial charge in [-0.2, -0.15) is 0 Å². The molecule has 0 bridgehead atoms. The zero-order valence-electron chi connectivity index (χ0n) is 17.4. The molecule has 29 heavy (non-hydrogen) atoms. The van der Waals surface area contributed by atoms with Crippen molar-refractivity contribution in [1.82, 2.24) is 15.4 Å². The van der Waals surface area contributed by atoms with Crippen LogP contribution in [0.3, 0.4) is 0 Å². The van der Waals surface area contributed by atoms with Crippen molar-refractivity contribution >= 4 is 16.0 Å². The van der Waals surface area contributed by atoms with Crippen molar-refractivity contribution in [1.29, 1.82) is 0 Å². The molecule has 3 N–H and O–H groups in total. The number of benzene rings is 1. The molecule has 0 radical (unpaired) electrons. The monoisotopic (exact) mass is 426 g/mol. The average molecular weight is 427 g/mol. The summed E-state index contributed by atoms with van der Waals surface area (Å²) in [5.41, 5.74) is 1.11. The van der Waals surface area contributed by atoms with Gasteiger partial charge in [0.25, 0.3) is 0 Å². The molecular weight excluding hydrogens is 392 g/mol. The molecular formula is C20H34N4O4S. The summed E-state index contributed by atoms with van der Waals surface area (Å²) in [6, 6.07) is 7.88. The van der Waals surface area contributed by atoms with Crippen LogP contribution in [-0.2, 0) is 21.2 Å². The SMILES string of the molecule is CCNC(=NCCS(=O)(=O)NCC1CCCCO1)NCCc1ccccc1OC. The Morgan fingerprint density at radius 1 is 1.28 bits per heavy atom. The summed E-state index contributed by atoms with van der Waals surface area (Å²) in [6.45, 7) is 4.57. The van der Waals surface area contributed by atoms with Crippen molar-refractivity contribution in [2.75, 3.05) is 45.6 Å². The van der Waals surface area contributed by atoms with Gasteiger partial charge in [0.05, 0.1) is 25.5 Å². The van der Waals surface area contributed by atoms with Crippen LogP contribution >= 0.6 is 0 Å². The number of methoxy groups -OCH3 is 1. The van der Waals surface area contributed by atoms with Gasteiger partial charge >= 0.3 is 0 Å². The van der Waals surface area contributed by atoms with Crippen LogP contribution in [0.5, 0.6) is 5.75 Å². The lowest BCUT2D eigenvalue weighted by Gasteiger charge is -2.22. The van der Waals surface area contributed by atoms with Crippen molar-refractivity contribution in [3.8, 4) is 5.75 Å². The highest BCUT2D eigenvalue weighted by molar-refractivity contribution is 7.89. The highest BCUT2D eigenvalue weighted by Crippen LogP contribution is 2.17. The van der Waals surface area contributed by atoms with Gasteiger partial charge in [-0.1, -0.05) is 18.2 Å². The first kappa shape index (κ1) is 23.4. The first-order valence-electron chi connectivity index (χ1n) is 10.3. The molecule has 0 amide bonds. The van der Waals surface area contributed by atoms with E-state index in [1.165, 1.54) is 0 Å². The van der Waals surface area contributed by atoms with Gasteiger partial charge in [-0.25, -0.2) is 13.1 Å². The number of nitrogens with zero attached hydrogens (tertiary/aromatic N) is 1. The van der Waals surface area contributed by atoms with Gasteiger partial charge < -0.3 is 20.1 Å². The number of aliphatic imine (C=N–C) groups is 1. The van der Waals surface area contributed by atoms with Crippen LogP contribution in [0.4, 0.5) is 0 Å². The van der Waals surface area contributed by atoms with E-state index in [4.69, 9.17) is 9.47 Å². The predicted octanol–water partition coefficient (Wildman–Crippen LogP) is 1.28. The van der Waals surface area contributed by atoms with Crippen molar-refractivity contribution < 1.29 is 17.9 Å². The van der Waals surface area contributed by atoms with Gasteiger partial charge in [0, 0.05) is 26.2 Å². The average Bonchev–Trinajstić information content (AvgIpc) is 2.73. The molecule has 0 aliphatic carbocycles. The van der Waals surface area contributed by atoms with E-state index in [2.05, 4.69) is 20.3 Å². The van der Waals surface area contributed by atoms with E-state index in [-0.39, 0.29) is 18.4 Å². The van der Waals surface area contributed by atoms with Gasteiger partial charge in [0.15, 0.2) is 5.96 Å². The highest BCUT2D eigenvalue weighted by Gasteiger charge is 2.17. The number of rotatable bonds is 11. The molecule has 1 aromatic carbocycles. The van der Waals surface area contributed by atoms with E-state index < -0.39 is 10.0 Å². The van der Waals surface area contributed by atoms with E-state index in [1.807, 2.05) is 31.2 Å². The summed E-state index contributed by atoms with van der Waals surface area (Å²) in [6.07, 6.45) is 3.80. The van der Waals surface area contributed by atoms with Crippen LogP contribution in [0.1, 0.15) is 31.7 Å². The highest BCUT2D eigenvalue weighted by atomic mass is 32.2. The molecule has 0 saturated carbocycles. The quantitative estimate of drug-likeness (QED) is 0.364. The van der Waals surface area contributed by atoms with Gasteiger partial charge in [0.2, 0.25) is 10.0 Å². The minimum Gasteiger partial charge on any atom is -0.496 e. The third-order valence-electron chi connectivity index (χ3n) is 4.66. The fraction of sp³-hybridized carbons (Fsp3) is 0.650. The number of hydrogen-bond acceptors (Lipinski definition) is 5. The summed E-state index contributed by atoms with van der Waals surface area (Å²) >= 11 is 0. The maximum atomic E-state index is 12.2. The van der Waals surface area contributed by atoms with E-state index in [1.54, 1.807) is 7.11 Å². The number of ether oxygens (including phenoxy) is 2. The first-order chi connectivity index (χ1) is 14.0. The van der Waals surface area contributed by atoms with Crippen molar-refractivity contribution in [2.24, 2.45) is 4.99 Å². The second-order valence-corrected chi connectivity index (χ2v) is 8.83. The Kier molecular flexibility index (Phi) is 10.2. The molecule has 1 saturated heterocycles. The van der Waals surface area contributed by atoms with Gasteiger partial charge in [0.1, 0.15) is 5.75 Å². The molecule has 1 aliphatic heterocycles.